The average Bonchev–Trinajstić information content (AvgIpc) is 2.63. The molecule has 0 aromatic carbocycles. The van der Waals surface area contributed by atoms with Crippen LogP contribution in [0.5, 0.6) is 0 Å². The van der Waals surface area contributed by atoms with E-state index in [1.165, 1.54) is 11.5 Å². The number of hydrogen-bond donors (Lipinski definition) is 1. The number of aromatic nitrogens is 2. The number of hydrogen-bond acceptors (Lipinski definition) is 4. The van der Waals surface area contributed by atoms with Gasteiger partial charge in [0.05, 0.1) is 0 Å². The van der Waals surface area contributed by atoms with E-state index in [-0.39, 0.29) is 5.41 Å². The Morgan fingerprint density at radius 3 is 2.25 bits per heavy atom. The molecule has 0 fully saturated rings. The molecule has 0 aliphatic heterocycles. The first-order valence-electron chi connectivity index (χ1n) is 5.83. The van der Waals surface area contributed by atoms with Crippen molar-refractivity contribution in [3.63, 3.8) is 0 Å². The highest BCUT2D eigenvalue weighted by molar-refractivity contribution is 7.09. The van der Waals surface area contributed by atoms with Crippen molar-refractivity contribution >= 4 is 16.7 Å². The highest BCUT2D eigenvalue weighted by atomic mass is 32.1. The molecule has 0 atom stereocenters. The molecule has 3 nitrogen and oxygen atoms in total. The fourth-order valence-electron chi connectivity index (χ4n) is 1.04. The molecule has 0 aliphatic rings. The maximum Gasteiger partial charge on any atom is 0.202 e. The summed E-state index contributed by atoms with van der Waals surface area (Å²) in [5.41, 5.74) is 0.351. The van der Waals surface area contributed by atoms with Crippen LogP contribution in [0, 0.1) is 5.41 Å². The van der Waals surface area contributed by atoms with Crippen LogP contribution in [-0.4, -0.2) is 15.9 Å². The minimum absolute atomic E-state index is 0.0384. The molecule has 0 radical (unpaired) electrons. The summed E-state index contributed by atoms with van der Waals surface area (Å²) < 4.78 is 4.38. The molecule has 1 rings (SSSR count). The monoisotopic (exact) mass is 241 g/mol. The van der Waals surface area contributed by atoms with Crippen molar-refractivity contribution in [2.45, 2.75) is 53.4 Å². The molecule has 0 aliphatic carbocycles. The van der Waals surface area contributed by atoms with Gasteiger partial charge in [-0.05, 0) is 11.8 Å². The Labute approximate surface area is 103 Å². The quantitative estimate of drug-likeness (QED) is 0.873. The van der Waals surface area contributed by atoms with Gasteiger partial charge in [0.2, 0.25) is 5.13 Å². The summed E-state index contributed by atoms with van der Waals surface area (Å²) in [7, 11) is 0. The first-order chi connectivity index (χ1) is 7.24. The topological polar surface area (TPSA) is 37.8 Å². The van der Waals surface area contributed by atoms with E-state index in [1.54, 1.807) is 0 Å². The van der Waals surface area contributed by atoms with Crippen LogP contribution in [0.3, 0.4) is 0 Å². The van der Waals surface area contributed by atoms with Gasteiger partial charge in [-0.1, -0.05) is 41.5 Å². The normalized spacial score (nSPS) is 12.9. The molecular formula is C12H23N3S. The molecule has 0 saturated carbocycles. The van der Waals surface area contributed by atoms with Crippen LogP contribution in [-0.2, 0) is 5.41 Å². The summed E-state index contributed by atoms with van der Waals surface area (Å²) in [5, 5.41) is 4.31. The predicted octanol–water partition coefficient (Wildman–Crippen LogP) is 3.68. The zero-order valence-electron chi connectivity index (χ0n) is 11.2. The lowest BCUT2D eigenvalue weighted by atomic mass is 9.90. The van der Waals surface area contributed by atoms with Gasteiger partial charge in [-0.15, -0.1) is 0 Å². The Hall–Kier alpha value is -0.640. The predicted molar refractivity (Wildman–Crippen MR) is 71.2 cm³/mol. The largest absolute Gasteiger partial charge is 0.360 e. The third-order valence-electron chi connectivity index (χ3n) is 2.77. The molecule has 1 aromatic heterocycles. The number of nitrogens with one attached hydrogen (secondary N) is 1. The van der Waals surface area contributed by atoms with E-state index in [0.29, 0.717) is 5.41 Å². The summed E-state index contributed by atoms with van der Waals surface area (Å²) in [4.78, 5) is 4.52. The molecule has 0 amide bonds. The summed E-state index contributed by atoms with van der Waals surface area (Å²) in [5.74, 6) is 0.925. The molecule has 16 heavy (non-hydrogen) atoms. The van der Waals surface area contributed by atoms with Gasteiger partial charge in [0.15, 0.2) is 0 Å². The molecule has 0 spiro atoms. The molecule has 1 N–H and O–H groups in total. The van der Waals surface area contributed by atoms with Crippen molar-refractivity contribution < 1.29 is 0 Å². The van der Waals surface area contributed by atoms with Crippen molar-refractivity contribution in [1.29, 1.82) is 0 Å². The van der Waals surface area contributed by atoms with E-state index in [0.717, 1.165) is 23.9 Å². The van der Waals surface area contributed by atoms with E-state index in [4.69, 9.17) is 0 Å². The second-order valence-electron chi connectivity index (χ2n) is 6.04. The maximum absolute atomic E-state index is 4.52. The van der Waals surface area contributed by atoms with Gasteiger partial charge in [0, 0.05) is 23.5 Å². The maximum atomic E-state index is 4.52. The molecule has 0 bridgehead atoms. The van der Waals surface area contributed by atoms with Crippen molar-refractivity contribution in [2.75, 3.05) is 11.9 Å². The summed E-state index contributed by atoms with van der Waals surface area (Å²) in [6.07, 6.45) is 1.16. The Morgan fingerprint density at radius 1 is 1.19 bits per heavy atom. The van der Waals surface area contributed by atoms with Crippen LogP contribution >= 0.6 is 11.5 Å². The SMILES string of the molecule is CCC(C)(C)CNc1nc(C(C)(C)C)ns1. The average molecular weight is 241 g/mol. The molecule has 1 heterocycles. The first-order valence-corrected chi connectivity index (χ1v) is 6.60. The fourth-order valence-corrected chi connectivity index (χ4v) is 1.79. The van der Waals surface area contributed by atoms with Crippen LogP contribution in [0.15, 0.2) is 0 Å². The lowest BCUT2D eigenvalue weighted by Gasteiger charge is -2.22. The molecular weight excluding hydrogens is 218 g/mol. The van der Waals surface area contributed by atoms with Gasteiger partial charge in [-0.2, -0.15) is 4.37 Å². The van der Waals surface area contributed by atoms with Gasteiger partial charge in [0.25, 0.3) is 0 Å². The van der Waals surface area contributed by atoms with Crippen molar-refractivity contribution in [3.05, 3.63) is 5.82 Å². The van der Waals surface area contributed by atoms with Crippen LogP contribution in [0.2, 0.25) is 0 Å². The smallest absolute Gasteiger partial charge is 0.202 e. The third-order valence-corrected chi connectivity index (χ3v) is 3.44. The van der Waals surface area contributed by atoms with Crippen LogP contribution in [0.4, 0.5) is 5.13 Å². The highest BCUT2D eigenvalue weighted by Gasteiger charge is 2.20. The second-order valence-corrected chi connectivity index (χ2v) is 6.80. The van der Waals surface area contributed by atoms with Gasteiger partial charge in [-0.25, -0.2) is 4.98 Å². The van der Waals surface area contributed by atoms with Crippen LogP contribution < -0.4 is 5.32 Å². The minimum atomic E-state index is 0.0384. The van der Waals surface area contributed by atoms with Gasteiger partial charge >= 0.3 is 0 Å². The minimum Gasteiger partial charge on any atom is -0.360 e. The lowest BCUT2D eigenvalue weighted by molar-refractivity contribution is 0.377. The van der Waals surface area contributed by atoms with E-state index in [1.807, 2.05) is 0 Å². The van der Waals surface area contributed by atoms with Crippen molar-refractivity contribution in [3.8, 4) is 0 Å². The third kappa shape index (κ3) is 3.74. The Bertz CT molecular complexity index is 336. The van der Waals surface area contributed by atoms with Gasteiger partial charge < -0.3 is 5.32 Å². The molecule has 0 saturated heterocycles. The van der Waals surface area contributed by atoms with Crippen molar-refractivity contribution in [2.24, 2.45) is 5.41 Å². The Morgan fingerprint density at radius 2 is 1.81 bits per heavy atom. The van der Waals surface area contributed by atoms with Gasteiger partial charge in [-0.3, -0.25) is 0 Å². The number of nitrogens with zero attached hydrogens (tertiary/aromatic N) is 2. The molecule has 4 heteroatoms. The zero-order valence-corrected chi connectivity index (χ0v) is 12.0. The summed E-state index contributed by atoms with van der Waals surface area (Å²) in [6, 6.07) is 0. The van der Waals surface area contributed by atoms with Crippen molar-refractivity contribution in [1.82, 2.24) is 9.36 Å². The highest BCUT2D eigenvalue weighted by Crippen LogP contribution is 2.25. The Balaban J connectivity index is 2.60. The fraction of sp³-hybridized carbons (Fsp3) is 0.833. The van der Waals surface area contributed by atoms with Crippen LogP contribution in [0.25, 0.3) is 0 Å². The van der Waals surface area contributed by atoms with Crippen LogP contribution in [0.1, 0.15) is 53.8 Å². The standard InChI is InChI=1S/C12H23N3S/c1-7-12(5,6)8-13-10-14-9(15-16-10)11(2,3)4/h7-8H2,1-6H3,(H,13,14,15). The second kappa shape index (κ2) is 4.70. The lowest BCUT2D eigenvalue weighted by Crippen LogP contribution is -2.22. The van der Waals surface area contributed by atoms with E-state index in [9.17, 15) is 0 Å². The summed E-state index contributed by atoms with van der Waals surface area (Å²) in [6.45, 7) is 14.1. The summed E-state index contributed by atoms with van der Waals surface area (Å²) >= 11 is 1.46. The first kappa shape index (κ1) is 13.4. The molecule has 92 valence electrons. The molecule has 0 unspecified atom stereocenters. The molecule has 1 aromatic rings. The van der Waals surface area contributed by atoms with E-state index < -0.39 is 0 Å². The Kier molecular flexibility index (Phi) is 3.94. The van der Waals surface area contributed by atoms with E-state index in [2.05, 4.69) is 56.2 Å². The number of anilines is 1. The van der Waals surface area contributed by atoms with E-state index >= 15 is 0 Å². The van der Waals surface area contributed by atoms with Gasteiger partial charge in [0.1, 0.15) is 5.82 Å². The zero-order chi connectivity index (χ0) is 12.4. The number of rotatable bonds is 4.